The van der Waals surface area contributed by atoms with Gasteiger partial charge in [0.1, 0.15) is 17.4 Å². The van der Waals surface area contributed by atoms with Crippen molar-refractivity contribution >= 4 is 5.82 Å². The lowest BCUT2D eigenvalue weighted by Gasteiger charge is -2.18. The molecule has 1 aliphatic rings. The number of aromatic nitrogens is 4. The van der Waals surface area contributed by atoms with Gasteiger partial charge in [0, 0.05) is 43.7 Å². The van der Waals surface area contributed by atoms with Gasteiger partial charge in [-0.25, -0.2) is 15.0 Å². The Kier molecular flexibility index (Phi) is 5.31. The first-order chi connectivity index (χ1) is 14.2. The van der Waals surface area contributed by atoms with E-state index in [1.807, 2.05) is 13.0 Å². The van der Waals surface area contributed by atoms with E-state index in [9.17, 15) is 5.26 Å². The molecule has 0 spiro atoms. The Labute approximate surface area is 169 Å². The highest BCUT2D eigenvalue weighted by Gasteiger charge is 2.17. The van der Waals surface area contributed by atoms with Crippen molar-refractivity contribution in [1.29, 1.82) is 5.26 Å². The van der Waals surface area contributed by atoms with Crippen molar-refractivity contribution in [3.05, 3.63) is 53.6 Å². The second-order valence-corrected chi connectivity index (χ2v) is 6.85. The highest BCUT2D eigenvalue weighted by molar-refractivity contribution is 5.66. The number of benzene rings is 1. The third-order valence-corrected chi connectivity index (χ3v) is 4.74. The Morgan fingerprint density at radius 1 is 1.14 bits per heavy atom. The summed E-state index contributed by atoms with van der Waals surface area (Å²) < 4.78 is 6.11. The van der Waals surface area contributed by atoms with E-state index in [4.69, 9.17) is 10.5 Å². The fraction of sp³-hybridized carbons (Fsp3) is 0.286. The first-order valence-corrected chi connectivity index (χ1v) is 9.50. The molecule has 2 N–H and O–H groups in total. The molecule has 0 radical (unpaired) electrons. The van der Waals surface area contributed by atoms with Crippen molar-refractivity contribution in [1.82, 2.24) is 19.9 Å². The molecule has 1 aromatic carbocycles. The number of rotatable bonds is 5. The molecule has 0 bridgehead atoms. The predicted octanol–water partition coefficient (Wildman–Crippen LogP) is 2.96. The number of hydrogen-bond acceptors (Lipinski definition) is 8. The molecule has 3 aromatic rings. The number of aryl methyl sites for hydroxylation is 1. The van der Waals surface area contributed by atoms with Gasteiger partial charge in [0.15, 0.2) is 5.82 Å². The van der Waals surface area contributed by atoms with Crippen LogP contribution in [0.5, 0.6) is 11.6 Å². The molecule has 2 aromatic heterocycles. The predicted molar refractivity (Wildman–Crippen MR) is 108 cm³/mol. The number of nitrogens with two attached hydrogens (primary N) is 1. The molecule has 8 nitrogen and oxygen atoms in total. The molecule has 146 valence electrons. The molecular formula is C21H21N7O. The molecular weight excluding hydrogens is 366 g/mol. The fourth-order valence-corrected chi connectivity index (χ4v) is 3.26. The third kappa shape index (κ3) is 4.15. The van der Waals surface area contributed by atoms with Gasteiger partial charge in [-0.1, -0.05) is 0 Å². The zero-order chi connectivity index (χ0) is 20.2. The van der Waals surface area contributed by atoms with Crippen molar-refractivity contribution in [3.8, 4) is 29.1 Å². The van der Waals surface area contributed by atoms with Crippen molar-refractivity contribution < 1.29 is 4.74 Å². The van der Waals surface area contributed by atoms with E-state index in [1.165, 1.54) is 0 Å². The summed E-state index contributed by atoms with van der Waals surface area (Å²) in [6.07, 6.45) is 5.68. The largest absolute Gasteiger partial charge is 0.438 e. The van der Waals surface area contributed by atoms with Gasteiger partial charge in [0.2, 0.25) is 5.88 Å². The molecule has 0 amide bonds. The number of nitrogens with zero attached hydrogens (tertiary/aromatic N) is 6. The molecule has 0 aliphatic carbocycles. The van der Waals surface area contributed by atoms with E-state index in [-0.39, 0.29) is 0 Å². The highest BCUT2D eigenvalue weighted by atomic mass is 16.5. The van der Waals surface area contributed by atoms with Crippen LogP contribution in [0, 0.1) is 18.3 Å². The standard InChI is InChI=1S/C21H21N7O/c1-14-26-19(28-6-2-3-7-28)9-20(27-14)29-18-8-15(10-22)4-5-17(18)21-24-12-16(11-23)13-25-21/h4-5,8-9,12-13H,2-3,6-7,11,23H2,1H3. The molecule has 8 heteroatoms. The van der Waals surface area contributed by atoms with E-state index < -0.39 is 0 Å². The minimum Gasteiger partial charge on any atom is -0.438 e. The maximum absolute atomic E-state index is 9.31. The molecule has 29 heavy (non-hydrogen) atoms. The van der Waals surface area contributed by atoms with Crippen LogP contribution in [0.4, 0.5) is 5.82 Å². The van der Waals surface area contributed by atoms with Gasteiger partial charge in [-0.15, -0.1) is 0 Å². The van der Waals surface area contributed by atoms with Crippen LogP contribution in [0.1, 0.15) is 29.8 Å². The Balaban J connectivity index is 1.71. The first-order valence-electron chi connectivity index (χ1n) is 9.50. The average molecular weight is 387 g/mol. The smallest absolute Gasteiger partial charge is 0.224 e. The second-order valence-electron chi connectivity index (χ2n) is 6.85. The summed E-state index contributed by atoms with van der Waals surface area (Å²) in [6, 6.07) is 9.13. The average Bonchev–Trinajstić information content (AvgIpc) is 3.28. The SMILES string of the molecule is Cc1nc(Oc2cc(C#N)ccc2-c2ncc(CN)cn2)cc(N2CCCC2)n1. The quantitative estimate of drug-likeness (QED) is 0.711. The molecule has 1 saturated heterocycles. The molecule has 0 saturated carbocycles. The van der Waals surface area contributed by atoms with Gasteiger partial charge >= 0.3 is 0 Å². The van der Waals surface area contributed by atoms with Gasteiger partial charge in [-0.3, -0.25) is 0 Å². The van der Waals surface area contributed by atoms with E-state index in [1.54, 1.807) is 30.6 Å². The minimum absolute atomic E-state index is 0.372. The maximum atomic E-state index is 9.31. The monoisotopic (exact) mass is 387 g/mol. The molecule has 4 rings (SSSR count). The van der Waals surface area contributed by atoms with Crippen molar-refractivity contribution in [2.24, 2.45) is 5.73 Å². The van der Waals surface area contributed by atoms with Gasteiger partial charge in [0.05, 0.1) is 17.2 Å². The van der Waals surface area contributed by atoms with Crippen LogP contribution in [0.2, 0.25) is 0 Å². The first kappa shape index (κ1) is 18.8. The van der Waals surface area contributed by atoms with Gasteiger partial charge in [-0.05, 0) is 38.0 Å². The van der Waals surface area contributed by atoms with E-state index >= 15 is 0 Å². The summed E-state index contributed by atoms with van der Waals surface area (Å²) in [6.45, 7) is 4.17. The minimum atomic E-state index is 0.372. The third-order valence-electron chi connectivity index (χ3n) is 4.74. The van der Waals surface area contributed by atoms with E-state index in [2.05, 4.69) is 30.9 Å². The normalized spacial score (nSPS) is 13.3. The zero-order valence-corrected chi connectivity index (χ0v) is 16.2. The van der Waals surface area contributed by atoms with Crippen LogP contribution in [-0.4, -0.2) is 33.0 Å². The summed E-state index contributed by atoms with van der Waals surface area (Å²) in [7, 11) is 0. The lowest BCUT2D eigenvalue weighted by Crippen LogP contribution is -2.19. The summed E-state index contributed by atoms with van der Waals surface area (Å²) >= 11 is 0. The topological polar surface area (TPSA) is 114 Å². The fourth-order valence-electron chi connectivity index (χ4n) is 3.26. The van der Waals surface area contributed by atoms with Gasteiger partial charge < -0.3 is 15.4 Å². The van der Waals surface area contributed by atoms with Crippen LogP contribution in [0.3, 0.4) is 0 Å². The number of hydrogen-bond donors (Lipinski definition) is 1. The van der Waals surface area contributed by atoms with Gasteiger partial charge in [-0.2, -0.15) is 10.2 Å². The van der Waals surface area contributed by atoms with Crippen molar-refractivity contribution in [3.63, 3.8) is 0 Å². The van der Waals surface area contributed by atoms with Crippen LogP contribution in [0.15, 0.2) is 36.7 Å². The molecule has 0 unspecified atom stereocenters. The number of ether oxygens (including phenoxy) is 1. The Bertz CT molecular complexity index is 1050. The van der Waals surface area contributed by atoms with Crippen LogP contribution >= 0.6 is 0 Å². The molecule has 0 atom stereocenters. The van der Waals surface area contributed by atoms with Crippen LogP contribution in [0.25, 0.3) is 11.4 Å². The summed E-state index contributed by atoms with van der Waals surface area (Å²) in [4.78, 5) is 19.9. The number of nitriles is 1. The van der Waals surface area contributed by atoms with E-state index in [0.29, 0.717) is 40.9 Å². The van der Waals surface area contributed by atoms with Crippen LogP contribution in [-0.2, 0) is 6.54 Å². The van der Waals surface area contributed by atoms with Crippen molar-refractivity contribution in [2.75, 3.05) is 18.0 Å². The highest BCUT2D eigenvalue weighted by Crippen LogP contribution is 2.33. The molecule has 3 heterocycles. The summed E-state index contributed by atoms with van der Waals surface area (Å²) in [5.41, 5.74) is 7.62. The maximum Gasteiger partial charge on any atom is 0.224 e. The second kappa shape index (κ2) is 8.20. The molecule has 1 fully saturated rings. The lowest BCUT2D eigenvalue weighted by molar-refractivity contribution is 0.461. The Morgan fingerprint density at radius 2 is 1.90 bits per heavy atom. The molecule has 1 aliphatic heterocycles. The Morgan fingerprint density at radius 3 is 2.59 bits per heavy atom. The van der Waals surface area contributed by atoms with Crippen LogP contribution < -0.4 is 15.4 Å². The van der Waals surface area contributed by atoms with Gasteiger partial charge in [0.25, 0.3) is 0 Å². The lowest BCUT2D eigenvalue weighted by atomic mass is 10.1. The summed E-state index contributed by atoms with van der Waals surface area (Å²) in [5.74, 6) is 2.87. The van der Waals surface area contributed by atoms with E-state index in [0.717, 1.165) is 37.3 Å². The zero-order valence-electron chi connectivity index (χ0n) is 16.2. The number of anilines is 1. The van der Waals surface area contributed by atoms with Crippen molar-refractivity contribution in [2.45, 2.75) is 26.3 Å². The summed E-state index contributed by atoms with van der Waals surface area (Å²) in [5, 5.41) is 9.31. The Hall–Kier alpha value is -3.57.